The number of carboxylic acid groups (broad SMARTS) is 1. The number of unbranched alkanes of at least 4 members (excludes halogenated alkanes) is 1. The molecule has 1 rings (SSSR count). The number of aliphatic carboxylic acids is 1. The Morgan fingerprint density at radius 3 is 2.75 bits per heavy atom. The predicted octanol–water partition coefficient (Wildman–Crippen LogP) is 0.371. The van der Waals surface area contributed by atoms with Crippen molar-refractivity contribution in [2.24, 2.45) is 0 Å². The predicted molar refractivity (Wildman–Crippen MR) is 59.3 cm³/mol. The molecule has 0 aromatic carbocycles. The SMILES string of the molecule is CCCCOCC(O)CNC1(C(=O)O)CC1. The second-order valence-corrected chi connectivity index (χ2v) is 4.35. The number of β-amino-alcohol motifs (C(OH)–C–C–N with tert-alkyl or cyclic N) is 1. The van der Waals surface area contributed by atoms with Gasteiger partial charge in [-0.05, 0) is 19.3 Å². The molecule has 1 unspecified atom stereocenters. The molecule has 0 aromatic rings. The standard InChI is InChI=1S/C11H21NO4/c1-2-3-6-16-8-9(13)7-12-11(4-5-11)10(14)15/h9,12-13H,2-8H2,1H3,(H,14,15). The maximum Gasteiger partial charge on any atom is 0.323 e. The Hall–Kier alpha value is -0.650. The lowest BCUT2D eigenvalue weighted by Gasteiger charge is -2.16. The van der Waals surface area contributed by atoms with Crippen LogP contribution in [0.15, 0.2) is 0 Å². The van der Waals surface area contributed by atoms with Crippen LogP contribution in [0.4, 0.5) is 0 Å². The molecule has 1 aliphatic carbocycles. The number of aliphatic hydroxyl groups is 1. The Bertz CT molecular complexity index is 228. The largest absolute Gasteiger partial charge is 0.480 e. The molecular formula is C11H21NO4. The van der Waals surface area contributed by atoms with E-state index in [1.54, 1.807) is 0 Å². The molecule has 16 heavy (non-hydrogen) atoms. The van der Waals surface area contributed by atoms with E-state index in [1.807, 2.05) is 0 Å². The summed E-state index contributed by atoms with van der Waals surface area (Å²) < 4.78 is 5.24. The maximum absolute atomic E-state index is 10.8. The number of carbonyl (C=O) groups is 1. The summed E-state index contributed by atoms with van der Waals surface area (Å²) >= 11 is 0. The van der Waals surface area contributed by atoms with E-state index in [1.165, 1.54) is 0 Å². The van der Waals surface area contributed by atoms with Gasteiger partial charge in [0.1, 0.15) is 5.54 Å². The molecule has 0 amide bonds. The van der Waals surface area contributed by atoms with Crippen LogP contribution in [0.25, 0.3) is 0 Å². The summed E-state index contributed by atoms with van der Waals surface area (Å²) in [5, 5.41) is 21.3. The first kappa shape index (κ1) is 13.4. The van der Waals surface area contributed by atoms with Crippen LogP contribution < -0.4 is 5.32 Å². The Balaban J connectivity index is 2.06. The molecule has 0 aliphatic heterocycles. The third-order valence-electron chi connectivity index (χ3n) is 2.79. The fourth-order valence-electron chi connectivity index (χ4n) is 1.43. The average molecular weight is 231 g/mol. The summed E-state index contributed by atoms with van der Waals surface area (Å²) in [7, 11) is 0. The van der Waals surface area contributed by atoms with Crippen LogP contribution in [0, 0.1) is 0 Å². The molecule has 0 heterocycles. The molecule has 0 bridgehead atoms. The maximum atomic E-state index is 10.8. The molecule has 5 heteroatoms. The molecule has 0 spiro atoms. The lowest BCUT2D eigenvalue weighted by Crippen LogP contribution is -2.44. The zero-order chi connectivity index (χ0) is 12.0. The van der Waals surface area contributed by atoms with Gasteiger partial charge in [0.2, 0.25) is 0 Å². The normalized spacial score (nSPS) is 19.4. The highest BCUT2D eigenvalue weighted by Gasteiger charge is 2.50. The minimum absolute atomic E-state index is 0.267. The first-order valence-electron chi connectivity index (χ1n) is 5.85. The Kier molecular flexibility index (Phi) is 5.18. The van der Waals surface area contributed by atoms with Crippen molar-refractivity contribution in [2.75, 3.05) is 19.8 Å². The van der Waals surface area contributed by atoms with Gasteiger partial charge in [0, 0.05) is 13.2 Å². The van der Waals surface area contributed by atoms with Crippen LogP contribution in [-0.2, 0) is 9.53 Å². The number of aliphatic hydroxyl groups excluding tert-OH is 1. The Morgan fingerprint density at radius 2 is 2.25 bits per heavy atom. The van der Waals surface area contributed by atoms with Crippen LogP contribution in [0.3, 0.4) is 0 Å². The summed E-state index contributed by atoms with van der Waals surface area (Å²) in [6.45, 7) is 3.27. The van der Waals surface area contributed by atoms with Gasteiger partial charge >= 0.3 is 5.97 Å². The van der Waals surface area contributed by atoms with Crippen molar-refractivity contribution in [3.05, 3.63) is 0 Å². The van der Waals surface area contributed by atoms with E-state index in [0.717, 1.165) is 12.8 Å². The summed E-state index contributed by atoms with van der Waals surface area (Å²) in [5.41, 5.74) is -0.773. The van der Waals surface area contributed by atoms with E-state index in [9.17, 15) is 9.90 Å². The molecule has 0 radical (unpaired) electrons. The number of hydrogen-bond donors (Lipinski definition) is 3. The number of nitrogens with one attached hydrogen (secondary N) is 1. The second-order valence-electron chi connectivity index (χ2n) is 4.35. The summed E-state index contributed by atoms with van der Waals surface area (Å²) in [4.78, 5) is 10.8. The van der Waals surface area contributed by atoms with Gasteiger partial charge in [-0.15, -0.1) is 0 Å². The van der Waals surface area contributed by atoms with E-state index in [-0.39, 0.29) is 13.2 Å². The topological polar surface area (TPSA) is 78.8 Å². The van der Waals surface area contributed by atoms with Gasteiger partial charge in [0.25, 0.3) is 0 Å². The molecule has 1 atom stereocenters. The number of rotatable bonds is 9. The van der Waals surface area contributed by atoms with Gasteiger partial charge in [-0.2, -0.15) is 0 Å². The molecule has 5 nitrogen and oxygen atoms in total. The highest BCUT2D eigenvalue weighted by Crippen LogP contribution is 2.35. The summed E-state index contributed by atoms with van der Waals surface area (Å²) in [6.07, 6.45) is 2.71. The summed E-state index contributed by atoms with van der Waals surface area (Å²) in [5.74, 6) is -0.827. The van der Waals surface area contributed by atoms with Gasteiger partial charge in [0.05, 0.1) is 12.7 Å². The molecular weight excluding hydrogens is 210 g/mol. The molecule has 1 saturated carbocycles. The van der Waals surface area contributed by atoms with Crippen LogP contribution in [-0.4, -0.2) is 47.6 Å². The highest BCUT2D eigenvalue weighted by molar-refractivity contribution is 5.82. The molecule has 0 aromatic heterocycles. The fraction of sp³-hybridized carbons (Fsp3) is 0.909. The average Bonchev–Trinajstić information content (AvgIpc) is 3.03. The highest BCUT2D eigenvalue weighted by atomic mass is 16.5. The third-order valence-corrected chi connectivity index (χ3v) is 2.79. The van der Waals surface area contributed by atoms with Gasteiger partial charge in [-0.3, -0.25) is 10.1 Å². The van der Waals surface area contributed by atoms with Crippen LogP contribution in [0.5, 0.6) is 0 Å². The Morgan fingerprint density at radius 1 is 1.56 bits per heavy atom. The first-order valence-corrected chi connectivity index (χ1v) is 5.85. The first-order chi connectivity index (χ1) is 7.60. The molecule has 94 valence electrons. The van der Waals surface area contributed by atoms with Crippen molar-refractivity contribution < 1.29 is 19.7 Å². The lowest BCUT2D eigenvalue weighted by molar-refractivity contribution is -0.140. The quantitative estimate of drug-likeness (QED) is 0.500. The van der Waals surface area contributed by atoms with Crippen molar-refractivity contribution in [1.29, 1.82) is 0 Å². The van der Waals surface area contributed by atoms with Crippen LogP contribution >= 0.6 is 0 Å². The lowest BCUT2D eigenvalue weighted by atomic mass is 10.2. The zero-order valence-corrected chi connectivity index (χ0v) is 9.74. The van der Waals surface area contributed by atoms with Gasteiger partial charge in [-0.1, -0.05) is 13.3 Å². The number of carboxylic acids is 1. The minimum Gasteiger partial charge on any atom is -0.480 e. The molecule has 1 aliphatic rings. The van der Waals surface area contributed by atoms with Crippen molar-refractivity contribution in [3.8, 4) is 0 Å². The minimum atomic E-state index is -0.827. The van der Waals surface area contributed by atoms with E-state index >= 15 is 0 Å². The monoisotopic (exact) mass is 231 g/mol. The zero-order valence-electron chi connectivity index (χ0n) is 9.74. The van der Waals surface area contributed by atoms with Crippen molar-refractivity contribution in [2.45, 2.75) is 44.2 Å². The van der Waals surface area contributed by atoms with E-state index in [4.69, 9.17) is 9.84 Å². The van der Waals surface area contributed by atoms with E-state index in [2.05, 4.69) is 12.2 Å². The van der Waals surface area contributed by atoms with E-state index in [0.29, 0.717) is 19.4 Å². The molecule has 0 saturated heterocycles. The van der Waals surface area contributed by atoms with Gasteiger partial charge in [0.15, 0.2) is 0 Å². The van der Waals surface area contributed by atoms with Gasteiger partial charge < -0.3 is 14.9 Å². The Labute approximate surface area is 95.8 Å². The molecule has 3 N–H and O–H groups in total. The smallest absolute Gasteiger partial charge is 0.323 e. The molecule has 1 fully saturated rings. The second kappa shape index (κ2) is 6.18. The summed E-state index contributed by atoms with van der Waals surface area (Å²) in [6, 6.07) is 0. The van der Waals surface area contributed by atoms with E-state index < -0.39 is 17.6 Å². The fourth-order valence-corrected chi connectivity index (χ4v) is 1.43. The van der Waals surface area contributed by atoms with Crippen LogP contribution in [0.1, 0.15) is 32.6 Å². The number of ether oxygens (including phenoxy) is 1. The van der Waals surface area contributed by atoms with Crippen molar-refractivity contribution in [3.63, 3.8) is 0 Å². The van der Waals surface area contributed by atoms with Crippen molar-refractivity contribution >= 4 is 5.97 Å². The van der Waals surface area contributed by atoms with Crippen molar-refractivity contribution in [1.82, 2.24) is 5.32 Å². The third kappa shape index (κ3) is 4.08. The number of hydrogen-bond acceptors (Lipinski definition) is 4. The van der Waals surface area contributed by atoms with Crippen LogP contribution in [0.2, 0.25) is 0 Å². The van der Waals surface area contributed by atoms with Gasteiger partial charge in [-0.25, -0.2) is 0 Å².